The lowest BCUT2D eigenvalue weighted by molar-refractivity contribution is 1.59. The van der Waals surface area contributed by atoms with Crippen LogP contribution >= 0.6 is 0 Å². The van der Waals surface area contributed by atoms with Gasteiger partial charge in [-0.25, -0.2) is 0 Å². The number of rotatable bonds is 4. The molecule has 0 saturated carbocycles. The van der Waals surface area contributed by atoms with Crippen LogP contribution in [0, 0.1) is 0 Å². The lowest BCUT2D eigenvalue weighted by Crippen LogP contribution is -1.95. The second-order valence-electron chi connectivity index (χ2n) is 13.2. The summed E-state index contributed by atoms with van der Waals surface area (Å²) in [5.41, 5.74) is 9.94. The van der Waals surface area contributed by atoms with Gasteiger partial charge in [-0.3, -0.25) is 0 Å². The first kappa shape index (κ1) is 28.5. The van der Waals surface area contributed by atoms with E-state index in [-0.39, 0.29) is 0 Å². The molecule has 0 aliphatic rings. The summed E-state index contributed by atoms with van der Waals surface area (Å²) in [6, 6.07) is 71.5. The summed E-state index contributed by atoms with van der Waals surface area (Å²) in [6.07, 6.45) is 0. The standard InChI is InChI=1S/C50H32/c1-6-20-38-33(13-1)17-9-25-44(38)49-40-22-8-4-16-36(40)30-32-48(49)47-28-12-27-46(50(47)45-26-10-18-34-14-2-7-21-39(34)45)42-24-11-23-41-37-19-5-3-15-35(37)29-31-43(41)42/h1-32H. The molecular weight excluding hydrogens is 601 g/mol. The highest BCUT2D eigenvalue weighted by Gasteiger charge is 2.22. The number of fused-ring (bicyclic) bond motifs is 6. The minimum atomic E-state index is 1.23. The van der Waals surface area contributed by atoms with Gasteiger partial charge in [0.2, 0.25) is 0 Å². The van der Waals surface area contributed by atoms with Crippen molar-refractivity contribution in [3.8, 4) is 44.5 Å². The fourth-order valence-electron chi connectivity index (χ4n) is 8.24. The Bertz CT molecular complexity index is 2920. The highest BCUT2D eigenvalue weighted by molar-refractivity contribution is 6.17. The fourth-order valence-corrected chi connectivity index (χ4v) is 8.24. The summed E-state index contributed by atoms with van der Waals surface area (Å²) in [6.45, 7) is 0. The summed E-state index contributed by atoms with van der Waals surface area (Å²) in [5.74, 6) is 0. The first-order valence-electron chi connectivity index (χ1n) is 17.4. The van der Waals surface area contributed by atoms with E-state index in [4.69, 9.17) is 0 Å². The second kappa shape index (κ2) is 11.6. The molecule has 232 valence electrons. The Morgan fingerprint density at radius 1 is 0.160 bits per heavy atom. The maximum atomic E-state index is 2.35. The highest BCUT2D eigenvalue weighted by atomic mass is 14.2. The molecule has 0 spiro atoms. The van der Waals surface area contributed by atoms with Gasteiger partial charge in [0.15, 0.2) is 0 Å². The van der Waals surface area contributed by atoms with Crippen molar-refractivity contribution in [1.82, 2.24) is 0 Å². The molecule has 10 rings (SSSR count). The number of benzene rings is 10. The Hall–Kier alpha value is -6.50. The molecule has 50 heavy (non-hydrogen) atoms. The average Bonchev–Trinajstić information content (AvgIpc) is 3.19. The van der Waals surface area contributed by atoms with Crippen LogP contribution < -0.4 is 0 Å². The van der Waals surface area contributed by atoms with Gasteiger partial charge in [0.1, 0.15) is 0 Å². The first-order chi connectivity index (χ1) is 24.8. The SMILES string of the molecule is c1cc(-c2ccc3ccccc3c2-c2cccc3ccccc23)c(-c2cccc3ccccc23)c(-c2cccc3c2ccc2ccccc23)c1. The highest BCUT2D eigenvalue weighted by Crippen LogP contribution is 2.49. The molecule has 0 bridgehead atoms. The molecule has 0 aromatic heterocycles. The fraction of sp³-hybridized carbons (Fsp3) is 0. The summed E-state index contributed by atoms with van der Waals surface area (Å²) in [7, 11) is 0. The molecular formula is C50H32. The van der Waals surface area contributed by atoms with Crippen molar-refractivity contribution < 1.29 is 0 Å². The van der Waals surface area contributed by atoms with Gasteiger partial charge >= 0.3 is 0 Å². The van der Waals surface area contributed by atoms with Crippen LogP contribution in [0.2, 0.25) is 0 Å². The van der Waals surface area contributed by atoms with E-state index < -0.39 is 0 Å². The van der Waals surface area contributed by atoms with Crippen molar-refractivity contribution in [2.45, 2.75) is 0 Å². The maximum Gasteiger partial charge on any atom is -0.00201 e. The zero-order valence-electron chi connectivity index (χ0n) is 27.5. The third kappa shape index (κ3) is 4.46. The Labute approximate surface area is 291 Å². The Morgan fingerprint density at radius 2 is 0.540 bits per heavy atom. The molecule has 0 nitrogen and oxygen atoms in total. The molecule has 10 aromatic rings. The van der Waals surface area contributed by atoms with Gasteiger partial charge < -0.3 is 0 Å². The Kier molecular flexibility index (Phi) is 6.60. The van der Waals surface area contributed by atoms with Gasteiger partial charge in [0.25, 0.3) is 0 Å². The van der Waals surface area contributed by atoms with E-state index >= 15 is 0 Å². The van der Waals surface area contributed by atoms with Crippen LogP contribution in [-0.2, 0) is 0 Å². The smallest absolute Gasteiger partial charge is 0.00201 e. The van der Waals surface area contributed by atoms with E-state index in [1.165, 1.54) is 98.4 Å². The van der Waals surface area contributed by atoms with Gasteiger partial charge in [-0.2, -0.15) is 0 Å². The monoisotopic (exact) mass is 632 g/mol. The van der Waals surface area contributed by atoms with Crippen molar-refractivity contribution >= 4 is 53.9 Å². The van der Waals surface area contributed by atoms with Crippen molar-refractivity contribution in [2.75, 3.05) is 0 Å². The van der Waals surface area contributed by atoms with Crippen LogP contribution in [0.1, 0.15) is 0 Å². The third-order valence-corrected chi connectivity index (χ3v) is 10.5. The summed E-state index contributed by atoms with van der Waals surface area (Å²) < 4.78 is 0. The largest absolute Gasteiger partial charge is 0.0616 e. The summed E-state index contributed by atoms with van der Waals surface area (Å²) in [4.78, 5) is 0. The zero-order valence-corrected chi connectivity index (χ0v) is 27.5. The van der Waals surface area contributed by atoms with E-state index in [1.54, 1.807) is 0 Å². The van der Waals surface area contributed by atoms with Crippen LogP contribution in [0.15, 0.2) is 194 Å². The van der Waals surface area contributed by atoms with Gasteiger partial charge in [0, 0.05) is 0 Å². The Morgan fingerprint density at radius 3 is 1.22 bits per heavy atom. The minimum absolute atomic E-state index is 1.23. The molecule has 0 aliphatic carbocycles. The summed E-state index contributed by atoms with van der Waals surface area (Å²) >= 11 is 0. The molecule has 0 aliphatic heterocycles. The maximum absolute atomic E-state index is 2.35. The molecule has 0 N–H and O–H groups in total. The molecule has 0 heterocycles. The van der Waals surface area contributed by atoms with Crippen LogP contribution in [0.3, 0.4) is 0 Å². The quantitative estimate of drug-likeness (QED) is 0.169. The van der Waals surface area contributed by atoms with Gasteiger partial charge in [0.05, 0.1) is 0 Å². The van der Waals surface area contributed by atoms with Crippen LogP contribution in [0.4, 0.5) is 0 Å². The third-order valence-electron chi connectivity index (χ3n) is 10.5. The lowest BCUT2D eigenvalue weighted by atomic mass is 9.81. The van der Waals surface area contributed by atoms with E-state index in [1.807, 2.05) is 0 Å². The van der Waals surface area contributed by atoms with Crippen LogP contribution in [-0.4, -0.2) is 0 Å². The topological polar surface area (TPSA) is 0 Å². The molecule has 0 saturated heterocycles. The van der Waals surface area contributed by atoms with Gasteiger partial charge in [-0.1, -0.05) is 194 Å². The molecule has 0 fully saturated rings. The molecule has 0 radical (unpaired) electrons. The average molecular weight is 633 g/mol. The van der Waals surface area contributed by atoms with Gasteiger partial charge in [-0.05, 0) is 98.4 Å². The molecule has 0 unspecified atom stereocenters. The molecule has 10 aromatic carbocycles. The van der Waals surface area contributed by atoms with E-state index in [2.05, 4.69) is 194 Å². The molecule has 0 heteroatoms. The van der Waals surface area contributed by atoms with Crippen molar-refractivity contribution in [3.05, 3.63) is 194 Å². The Balaban J connectivity index is 1.36. The van der Waals surface area contributed by atoms with Crippen LogP contribution in [0.25, 0.3) is 98.4 Å². The molecule has 0 amide bonds. The van der Waals surface area contributed by atoms with E-state index in [0.717, 1.165) is 0 Å². The molecule has 0 atom stereocenters. The van der Waals surface area contributed by atoms with Crippen molar-refractivity contribution in [1.29, 1.82) is 0 Å². The summed E-state index contributed by atoms with van der Waals surface area (Å²) in [5, 5.41) is 12.6. The van der Waals surface area contributed by atoms with Crippen molar-refractivity contribution in [3.63, 3.8) is 0 Å². The zero-order chi connectivity index (χ0) is 33.0. The predicted molar refractivity (Wildman–Crippen MR) is 216 cm³/mol. The number of hydrogen-bond acceptors (Lipinski definition) is 0. The van der Waals surface area contributed by atoms with E-state index in [9.17, 15) is 0 Å². The lowest BCUT2D eigenvalue weighted by Gasteiger charge is -2.22. The second-order valence-corrected chi connectivity index (χ2v) is 13.2. The van der Waals surface area contributed by atoms with Gasteiger partial charge in [-0.15, -0.1) is 0 Å². The predicted octanol–water partition coefficient (Wildman–Crippen LogP) is 14.1. The first-order valence-corrected chi connectivity index (χ1v) is 17.4. The number of hydrogen-bond donors (Lipinski definition) is 0. The van der Waals surface area contributed by atoms with Crippen molar-refractivity contribution in [2.24, 2.45) is 0 Å². The van der Waals surface area contributed by atoms with Crippen LogP contribution in [0.5, 0.6) is 0 Å². The minimum Gasteiger partial charge on any atom is -0.0616 e. The normalized spacial score (nSPS) is 11.6. The van der Waals surface area contributed by atoms with E-state index in [0.29, 0.717) is 0 Å².